The van der Waals surface area contributed by atoms with E-state index in [1.54, 1.807) is 30.3 Å². The van der Waals surface area contributed by atoms with E-state index in [1.165, 1.54) is 0 Å². The Morgan fingerprint density at radius 3 is 2.53 bits per heavy atom. The molecule has 1 aromatic rings. The molecule has 1 atom stereocenters. The molecule has 0 saturated heterocycles. The summed E-state index contributed by atoms with van der Waals surface area (Å²) in [5, 5.41) is 17.2. The highest BCUT2D eigenvalue weighted by Gasteiger charge is 2.19. The number of aliphatic hydroxyl groups excluding tert-OH is 1. The van der Waals surface area contributed by atoms with E-state index in [0.29, 0.717) is 5.75 Å². The Labute approximate surface area is 86.9 Å². The highest BCUT2D eigenvalue weighted by Crippen LogP contribution is 2.11. The molecular weight excluding hydrogens is 200 g/mol. The number of aliphatic hydroxyl groups is 1. The summed E-state index contributed by atoms with van der Waals surface area (Å²) in [6.45, 7) is -0.328. The van der Waals surface area contributed by atoms with Crippen LogP contribution in [0, 0.1) is 0 Å². The van der Waals surface area contributed by atoms with Crippen LogP contribution >= 0.6 is 0 Å². The third kappa shape index (κ3) is 3.97. The van der Waals surface area contributed by atoms with Crippen LogP contribution < -0.4 is 4.74 Å². The van der Waals surface area contributed by atoms with E-state index in [-0.39, 0.29) is 13.2 Å². The zero-order chi connectivity index (χ0) is 11.1. The average molecular weight is 212 g/mol. The quantitative estimate of drug-likeness (QED) is 0.671. The molecule has 1 unspecified atom stereocenters. The second-order valence-corrected chi connectivity index (χ2v) is 2.70. The van der Waals surface area contributed by atoms with Crippen LogP contribution in [-0.2, 0) is 9.53 Å². The standard InChI is InChI=1S/C10H12O5/c11-6-7-14-10(9(12)13)15-8-4-2-1-3-5-8/h1-5,10-11H,6-7H2,(H,12,13). The second-order valence-electron chi connectivity index (χ2n) is 2.70. The lowest BCUT2D eigenvalue weighted by atomic mass is 10.3. The van der Waals surface area contributed by atoms with Crippen LogP contribution in [0.4, 0.5) is 0 Å². The molecule has 0 aromatic heterocycles. The number of carboxylic acid groups (broad SMARTS) is 1. The molecular formula is C10H12O5. The molecule has 0 bridgehead atoms. The van der Waals surface area contributed by atoms with Crippen LogP contribution in [0.2, 0.25) is 0 Å². The summed E-state index contributed by atoms with van der Waals surface area (Å²) in [7, 11) is 0. The van der Waals surface area contributed by atoms with E-state index in [9.17, 15) is 4.79 Å². The molecule has 15 heavy (non-hydrogen) atoms. The first kappa shape index (κ1) is 11.5. The summed E-state index contributed by atoms with van der Waals surface area (Å²) in [6.07, 6.45) is -1.39. The summed E-state index contributed by atoms with van der Waals surface area (Å²) in [4.78, 5) is 10.7. The molecule has 1 rings (SSSR count). The largest absolute Gasteiger partial charge is 0.477 e. The first-order chi connectivity index (χ1) is 7.24. The fraction of sp³-hybridized carbons (Fsp3) is 0.300. The van der Waals surface area contributed by atoms with Crippen LogP contribution in [0.3, 0.4) is 0 Å². The molecule has 0 fully saturated rings. The normalized spacial score (nSPS) is 12.1. The van der Waals surface area contributed by atoms with Crippen molar-refractivity contribution in [3.63, 3.8) is 0 Å². The van der Waals surface area contributed by atoms with Gasteiger partial charge in [-0.3, -0.25) is 0 Å². The Morgan fingerprint density at radius 1 is 1.33 bits per heavy atom. The predicted octanol–water partition coefficient (Wildman–Crippen LogP) is 0.485. The van der Waals surface area contributed by atoms with Gasteiger partial charge in [0.25, 0.3) is 6.29 Å². The van der Waals surface area contributed by atoms with Crippen molar-refractivity contribution in [3.05, 3.63) is 30.3 Å². The van der Waals surface area contributed by atoms with Gasteiger partial charge in [0, 0.05) is 0 Å². The molecule has 0 aliphatic rings. The number of rotatable bonds is 6. The first-order valence-electron chi connectivity index (χ1n) is 4.41. The third-order valence-electron chi connectivity index (χ3n) is 1.55. The minimum Gasteiger partial charge on any atom is -0.477 e. The van der Waals surface area contributed by atoms with Crippen LogP contribution in [0.1, 0.15) is 0 Å². The van der Waals surface area contributed by atoms with E-state index >= 15 is 0 Å². The number of para-hydroxylation sites is 1. The number of hydrogen-bond acceptors (Lipinski definition) is 4. The van der Waals surface area contributed by atoms with Crippen LogP contribution in [0.15, 0.2) is 30.3 Å². The van der Waals surface area contributed by atoms with Gasteiger partial charge in [0.1, 0.15) is 5.75 Å². The van der Waals surface area contributed by atoms with Gasteiger partial charge >= 0.3 is 5.97 Å². The minimum absolute atomic E-state index is 0.0796. The van der Waals surface area contributed by atoms with E-state index in [2.05, 4.69) is 0 Å². The van der Waals surface area contributed by atoms with Crippen LogP contribution in [-0.4, -0.2) is 35.7 Å². The lowest BCUT2D eigenvalue weighted by molar-refractivity contribution is -0.172. The van der Waals surface area contributed by atoms with Gasteiger partial charge in [-0.1, -0.05) is 18.2 Å². The number of benzene rings is 1. The van der Waals surface area contributed by atoms with Crippen molar-refractivity contribution < 1.29 is 24.5 Å². The smallest absolute Gasteiger partial charge is 0.373 e. The zero-order valence-corrected chi connectivity index (χ0v) is 8.00. The molecule has 2 N–H and O–H groups in total. The fourth-order valence-electron chi connectivity index (χ4n) is 0.938. The third-order valence-corrected chi connectivity index (χ3v) is 1.55. The van der Waals surface area contributed by atoms with E-state index < -0.39 is 12.3 Å². The van der Waals surface area contributed by atoms with Crippen molar-refractivity contribution in [2.45, 2.75) is 6.29 Å². The molecule has 0 radical (unpaired) electrons. The van der Waals surface area contributed by atoms with E-state index in [0.717, 1.165) is 0 Å². The molecule has 0 heterocycles. The van der Waals surface area contributed by atoms with Gasteiger partial charge < -0.3 is 19.7 Å². The van der Waals surface area contributed by atoms with Crippen molar-refractivity contribution in [1.82, 2.24) is 0 Å². The lowest BCUT2D eigenvalue weighted by Gasteiger charge is -2.14. The summed E-state index contributed by atoms with van der Waals surface area (Å²) in [6, 6.07) is 8.48. The summed E-state index contributed by atoms with van der Waals surface area (Å²) in [5.41, 5.74) is 0. The Bertz CT molecular complexity index is 298. The number of carbonyl (C=O) groups is 1. The number of hydrogen-bond donors (Lipinski definition) is 2. The van der Waals surface area contributed by atoms with E-state index in [4.69, 9.17) is 19.7 Å². The highest BCUT2D eigenvalue weighted by atomic mass is 16.7. The van der Waals surface area contributed by atoms with E-state index in [1.807, 2.05) is 0 Å². The monoisotopic (exact) mass is 212 g/mol. The SMILES string of the molecule is O=C(O)C(OCCO)Oc1ccccc1. The molecule has 5 nitrogen and oxygen atoms in total. The number of aliphatic carboxylic acids is 1. The Morgan fingerprint density at radius 2 is 2.00 bits per heavy atom. The first-order valence-corrected chi connectivity index (χ1v) is 4.41. The lowest BCUT2D eigenvalue weighted by Crippen LogP contribution is -2.31. The molecule has 0 spiro atoms. The fourth-order valence-corrected chi connectivity index (χ4v) is 0.938. The maximum Gasteiger partial charge on any atom is 0.373 e. The number of ether oxygens (including phenoxy) is 2. The summed E-state index contributed by atoms with van der Waals surface area (Å²) in [5.74, 6) is -0.824. The van der Waals surface area contributed by atoms with Crippen LogP contribution in [0.5, 0.6) is 5.75 Å². The van der Waals surface area contributed by atoms with Gasteiger partial charge in [-0.05, 0) is 12.1 Å². The molecule has 0 aliphatic carbocycles. The Hall–Kier alpha value is -1.59. The Balaban J connectivity index is 2.55. The molecule has 5 heteroatoms. The molecule has 82 valence electrons. The second kappa shape index (κ2) is 6.00. The minimum atomic E-state index is -1.39. The predicted molar refractivity (Wildman–Crippen MR) is 51.5 cm³/mol. The van der Waals surface area contributed by atoms with Crippen molar-refractivity contribution in [3.8, 4) is 5.75 Å². The van der Waals surface area contributed by atoms with Gasteiger partial charge in [0.05, 0.1) is 13.2 Å². The molecule has 0 aliphatic heterocycles. The summed E-state index contributed by atoms with van der Waals surface area (Å²) >= 11 is 0. The summed E-state index contributed by atoms with van der Waals surface area (Å²) < 4.78 is 9.83. The van der Waals surface area contributed by atoms with Gasteiger partial charge in [-0.25, -0.2) is 4.79 Å². The molecule has 0 saturated carbocycles. The van der Waals surface area contributed by atoms with Gasteiger partial charge in [-0.2, -0.15) is 0 Å². The highest BCUT2D eigenvalue weighted by molar-refractivity contribution is 5.71. The van der Waals surface area contributed by atoms with Crippen LogP contribution in [0.25, 0.3) is 0 Å². The Kier molecular flexibility index (Phi) is 4.59. The number of carboxylic acids is 1. The average Bonchev–Trinajstić information content (AvgIpc) is 2.25. The van der Waals surface area contributed by atoms with Gasteiger partial charge in [-0.15, -0.1) is 0 Å². The zero-order valence-electron chi connectivity index (χ0n) is 8.00. The maximum atomic E-state index is 10.7. The maximum absolute atomic E-state index is 10.7. The molecule has 0 amide bonds. The van der Waals surface area contributed by atoms with Gasteiger partial charge in [0.2, 0.25) is 0 Å². The molecule has 1 aromatic carbocycles. The van der Waals surface area contributed by atoms with Crippen molar-refractivity contribution in [1.29, 1.82) is 0 Å². The van der Waals surface area contributed by atoms with Crippen molar-refractivity contribution in [2.24, 2.45) is 0 Å². The van der Waals surface area contributed by atoms with Crippen molar-refractivity contribution in [2.75, 3.05) is 13.2 Å². The topological polar surface area (TPSA) is 76.0 Å². The van der Waals surface area contributed by atoms with Crippen molar-refractivity contribution >= 4 is 5.97 Å². The van der Waals surface area contributed by atoms with Gasteiger partial charge in [0.15, 0.2) is 0 Å².